The van der Waals surface area contributed by atoms with E-state index in [0.717, 1.165) is 19.3 Å². The molecule has 0 atom stereocenters. The Kier molecular flexibility index (Phi) is 6.40. The second-order valence-corrected chi connectivity index (χ2v) is 5.60. The van der Waals surface area contributed by atoms with E-state index >= 15 is 0 Å². The molecule has 0 bridgehead atoms. The van der Waals surface area contributed by atoms with Crippen molar-refractivity contribution in [1.82, 2.24) is 4.90 Å². The topological polar surface area (TPSA) is 66.8 Å². The predicted molar refractivity (Wildman–Crippen MR) is 82.6 cm³/mol. The fraction of sp³-hybridized carbons (Fsp3) is 0.529. The van der Waals surface area contributed by atoms with Crippen LogP contribution in [0.5, 0.6) is 0 Å². The van der Waals surface area contributed by atoms with Crippen LogP contribution in [0.25, 0.3) is 0 Å². The first-order valence-electron chi connectivity index (χ1n) is 7.80. The summed E-state index contributed by atoms with van der Waals surface area (Å²) in [5.41, 5.74) is 1.24. The summed E-state index contributed by atoms with van der Waals surface area (Å²) in [5.74, 6) is -1.02. The molecule has 0 aliphatic heterocycles. The maximum absolute atomic E-state index is 12.0. The van der Waals surface area contributed by atoms with E-state index in [2.05, 4.69) is 12.1 Å². The summed E-state index contributed by atoms with van der Waals surface area (Å²) in [7, 11) is 0. The van der Waals surface area contributed by atoms with Crippen LogP contribution in [0.15, 0.2) is 30.3 Å². The zero-order chi connectivity index (χ0) is 15.8. The molecule has 1 aromatic rings. The number of amides is 1. The van der Waals surface area contributed by atoms with Gasteiger partial charge in [-0.3, -0.25) is 9.59 Å². The second kappa shape index (κ2) is 8.54. The van der Waals surface area contributed by atoms with Gasteiger partial charge in [-0.2, -0.15) is 0 Å². The van der Waals surface area contributed by atoms with Crippen molar-refractivity contribution in [3.63, 3.8) is 0 Å². The molecular weight excluding hydrogens is 282 g/mol. The summed E-state index contributed by atoms with van der Waals surface area (Å²) in [6, 6.07) is 10.3. The molecule has 120 valence electrons. The monoisotopic (exact) mass is 305 g/mol. The Balaban J connectivity index is 1.57. The second-order valence-electron chi connectivity index (χ2n) is 5.60. The lowest BCUT2D eigenvalue weighted by Crippen LogP contribution is -2.37. The summed E-state index contributed by atoms with van der Waals surface area (Å²) < 4.78 is 5.54. The van der Waals surface area contributed by atoms with Gasteiger partial charge >= 0.3 is 5.97 Å². The maximum atomic E-state index is 12.0. The van der Waals surface area contributed by atoms with Gasteiger partial charge in [-0.15, -0.1) is 0 Å². The van der Waals surface area contributed by atoms with Gasteiger partial charge in [0.2, 0.25) is 5.91 Å². The van der Waals surface area contributed by atoms with Crippen molar-refractivity contribution in [3.05, 3.63) is 35.9 Å². The Morgan fingerprint density at radius 2 is 1.91 bits per heavy atom. The molecule has 1 saturated carbocycles. The number of ether oxygens (including phenoxy) is 1. The Morgan fingerprint density at radius 3 is 2.55 bits per heavy atom. The molecule has 0 aromatic heterocycles. The van der Waals surface area contributed by atoms with Gasteiger partial charge in [0.05, 0.1) is 6.61 Å². The van der Waals surface area contributed by atoms with Crippen molar-refractivity contribution < 1.29 is 19.4 Å². The van der Waals surface area contributed by atoms with Gasteiger partial charge in [0.25, 0.3) is 0 Å². The minimum atomic E-state index is -0.945. The lowest BCUT2D eigenvalue weighted by Gasteiger charge is -2.20. The summed E-state index contributed by atoms with van der Waals surface area (Å²) in [6.07, 6.45) is 3.70. The molecule has 0 spiro atoms. The normalized spacial score (nSPS) is 13.8. The molecule has 2 rings (SSSR count). The quantitative estimate of drug-likeness (QED) is 0.672. The fourth-order valence-corrected chi connectivity index (χ4v) is 2.36. The molecule has 0 unspecified atom stereocenters. The SMILES string of the molecule is O=C(O)CN(C(=O)CCCOCCc1ccccc1)C1CC1. The summed E-state index contributed by atoms with van der Waals surface area (Å²) in [4.78, 5) is 24.3. The Bertz CT molecular complexity index is 485. The molecule has 1 amide bonds. The van der Waals surface area contributed by atoms with Crippen molar-refractivity contribution in [2.24, 2.45) is 0 Å². The number of hydrogen-bond donors (Lipinski definition) is 1. The van der Waals surface area contributed by atoms with Gasteiger partial charge in [0.1, 0.15) is 6.54 Å². The summed E-state index contributed by atoms with van der Waals surface area (Å²) >= 11 is 0. The smallest absolute Gasteiger partial charge is 0.323 e. The third kappa shape index (κ3) is 5.85. The first kappa shape index (κ1) is 16.5. The third-order valence-electron chi connectivity index (χ3n) is 3.67. The van der Waals surface area contributed by atoms with Gasteiger partial charge < -0.3 is 14.7 Å². The van der Waals surface area contributed by atoms with E-state index in [9.17, 15) is 9.59 Å². The lowest BCUT2D eigenvalue weighted by atomic mass is 10.2. The number of hydrogen-bond acceptors (Lipinski definition) is 3. The van der Waals surface area contributed by atoms with Gasteiger partial charge in [-0.25, -0.2) is 0 Å². The van der Waals surface area contributed by atoms with Crippen LogP contribution < -0.4 is 0 Å². The molecule has 1 N–H and O–H groups in total. The zero-order valence-corrected chi connectivity index (χ0v) is 12.7. The Morgan fingerprint density at radius 1 is 1.18 bits per heavy atom. The van der Waals surface area contributed by atoms with Crippen molar-refractivity contribution in [1.29, 1.82) is 0 Å². The number of rotatable bonds is 10. The van der Waals surface area contributed by atoms with Crippen LogP contribution in [0.4, 0.5) is 0 Å². The maximum Gasteiger partial charge on any atom is 0.323 e. The average Bonchev–Trinajstić information content (AvgIpc) is 3.33. The van der Waals surface area contributed by atoms with Crippen LogP contribution in [0, 0.1) is 0 Å². The first-order valence-corrected chi connectivity index (χ1v) is 7.80. The molecule has 1 aliphatic rings. The van der Waals surface area contributed by atoms with E-state index < -0.39 is 5.97 Å². The van der Waals surface area contributed by atoms with Gasteiger partial charge in [-0.05, 0) is 31.2 Å². The minimum Gasteiger partial charge on any atom is -0.480 e. The highest BCUT2D eigenvalue weighted by Crippen LogP contribution is 2.27. The highest BCUT2D eigenvalue weighted by atomic mass is 16.5. The molecule has 1 fully saturated rings. The van der Waals surface area contributed by atoms with Crippen molar-refractivity contribution in [2.45, 2.75) is 38.1 Å². The number of carbonyl (C=O) groups excluding carboxylic acids is 1. The summed E-state index contributed by atoms with van der Waals surface area (Å²) in [5, 5.41) is 8.84. The number of nitrogens with zero attached hydrogens (tertiary/aromatic N) is 1. The molecule has 5 heteroatoms. The number of carbonyl (C=O) groups is 2. The third-order valence-corrected chi connectivity index (χ3v) is 3.67. The van der Waals surface area contributed by atoms with Gasteiger partial charge in [0, 0.05) is 19.1 Å². The molecule has 0 radical (unpaired) electrons. The van der Waals surface area contributed by atoms with Crippen LogP contribution in [0.1, 0.15) is 31.2 Å². The lowest BCUT2D eigenvalue weighted by molar-refractivity contribution is -0.145. The average molecular weight is 305 g/mol. The minimum absolute atomic E-state index is 0.0726. The van der Waals surface area contributed by atoms with Crippen LogP contribution in [-0.2, 0) is 20.7 Å². The number of carboxylic acids is 1. The first-order chi connectivity index (χ1) is 10.7. The number of carboxylic acid groups (broad SMARTS) is 1. The molecule has 5 nitrogen and oxygen atoms in total. The van der Waals surface area contributed by atoms with E-state index in [1.807, 2.05) is 18.2 Å². The van der Waals surface area contributed by atoms with Crippen molar-refractivity contribution in [2.75, 3.05) is 19.8 Å². The standard InChI is InChI=1S/C17H23NO4/c19-16(18(13-17(20)21)15-8-9-15)7-4-11-22-12-10-14-5-2-1-3-6-14/h1-3,5-6,15H,4,7-13H2,(H,20,21). The van der Waals surface area contributed by atoms with E-state index in [-0.39, 0.29) is 18.5 Å². The van der Waals surface area contributed by atoms with E-state index in [4.69, 9.17) is 9.84 Å². The Labute approximate surface area is 130 Å². The molecule has 22 heavy (non-hydrogen) atoms. The van der Waals surface area contributed by atoms with Crippen LogP contribution in [0.3, 0.4) is 0 Å². The molecule has 0 saturated heterocycles. The molecule has 1 aliphatic carbocycles. The van der Waals surface area contributed by atoms with Crippen molar-refractivity contribution in [3.8, 4) is 0 Å². The molecular formula is C17H23NO4. The largest absolute Gasteiger partial charge is 0.480 e. The van der Waals surface area contributed by atoms with Gasteiger partial charge in [0.15, 0.2) is 0 Å². The van der Waals surface area contributed by atoms with E-state index in [1.165, 1.54) is 10.5 Å². The zero-order valence-electron chi connectivity index (χ0n) is 12.7. The van der Waals surface area contributed by atoms with E-state index in [1.54, 1.807) is 0 Å². The number of benzene rings is 1. The Hall–Kier alpha value is -1.88. The molecule has 1 aromatic carbocycles. The van der Waals surface area contributed by atoms with E-state index in [0.29, 0.717) is 26.1 Å². The van der Waals surface area contributed by atoms with Crippen molar-refractivity contribution >= 4 is 11.9 Å². The number of aliphatic carboxylic acids is 1. The summed E-state index contributed by atoms with van der Waals surface area (Å²) in [6.45, 7) is 0.988. The fourth-order valence-electron chi connectivity index (χ4n) is 2.36. The highest BCUT2D eigenvalue weighted by Gasteiger charge is 2.33. The predicted octanol–water partition coefficient (Wildman–Crippen LogP) is 2.10. The molecule has 0 heterocycles. The van der Waals surface area contributed by atoms with Gasteiger partial charge in [-0.1, -0.05) is 30.3 Å². The van der Waals surface area contributed by atoms with Crippen LogP contribution in [-0.4, -0.2) is 47.7 Å². The van der Waals surface area contributed by atoms with Crippen LogP contribution in [0.2, 0.25) is 0 Å². The highest BCUT2D eigenvalue weighted by molar-refractivity contribution is 5.81. The van der Waals surface area contributed by atoms with Crippen LogP contribution >= 0.6 is 0 Å².